The van der Waals surface area contributed by atoms with Gasteiger partial charge in [0.25, 0.3) is 0 Å². The molecular formula is C13H14ClNO. The number of aliphatic hydroxyl groups is 1. The average Bonchev–Trinajstić information content (AvgIpc) is 2.33. The van der Waals surface area contributed by atoms with E-state index in [0.29, 0.717) is 5.16 Å². The average molecular weight is 236 g/mol. The molecule has 0 saturated heterocycles. The molecule has 1 aromatic rings. The maximum absolute atomic E-state index is 8.99. The standard InChI is InChI=1S/C13H14ClNO/c14-13-8-12(10-16)6-7-15(13)9-11-4-2-1-3-5-11/h1-6,8,16H,7,9-10H2. The zero-order chi connectivity index (χ0) is 11.4. The van der Waals surface area contributed by atoms with Crippen molar-refractivity contribution in [2.75, 3.05) is 13.2 Å². The molecule has 3 heteroatoms. The summed E-state index contributed by atoms with van der Waals surface area (Å²) in [6, 6.07) is 10.2. The molecule has 0 aromatic heterocycles. The quantitative estimate of drug-likeness (QED) is 0.814. The highest BCUT2D eigenvalue weighted by Gasteiger charge is 2.11. The fourth-order valence-corrected chi connectivity index (χ4v) is 1.94. The molecular weight excluding hydrogens is 222 g/mol. The molecule has 84 valence electrons. The van der Waals surface area contributed by atoms with Crippen LogP contribution in [0.1, 0.15) is 5.56 Å². The number of aliphatic hydroxyl groups excluding tert-OH is 1. The lowest BCUT2D eigenvalue weighted by Crippen LogP contribution is -2.23. The molecule has 0 spiro atoms. The van der Waals surface area contributed by atoms with Gasteiger partial charge < -0.3 is 10.0 Å². The van der Waals surface area contributed by atoms with Crippen molar-refractivity contribution in [1.29, 1.82) is 0 Å². The Bertz CT molecular complexity index is 411. The fraction of sp³-hybridized carbons (Fsp3) is 0.231. The Hall–Kier alpha value is -1.25. The van der Waals surface area contributed by atoms with Gasteiger partial charge in [-0.15, -0.1) is 0 Å². The lowest BCUT2D eigenvalue weighted by atomic mass is 10.1. The molecule has 1 aliphatic rings. The van der Waals surface area contributed by atoms with Gasteiger partial charge in [-0.1, -0.05) is 48.0 Å². The van der Waals surface area contributed by atoms with Crippen molar-refractivity contribution in [3.8, 4) is 0 Å². The number of rotatable bonds is 3. The van der Waals surface area contributed by atoms with Crippen molar-refractivity contribution < 1.29 is 5.11 Å². The van der Waals surface area contributed by atoms with Gasteiger partial charge in [-0.25, -0.2) is 0 Å². The summed E-state index contributed by atoms with van der Waals surface area (Å²) >= 11 is 6.14. The summed E-state index contributed by atoms with van der Waals surface area (Å²) in [5.41, 5.74) is 2.12. The molecule has 1 aromatic carbocycles. The van der Waals surface area contributed by atoms with E-state index in [-0.39, 0.29) is 6.61 Å². The van der Waals surface area contributed by atoms with Crippen LogP contribution in [0.4, 0.5) is 0 Å². The van der Waals surface area contributed by atoms with Gasteiger partial charge in [-0.2, -0.15) is 0 Å². The number of hydrogen-bond acceptors (Lipinski definition) is 2. The predicted octanol–water partition coefficient (Wildman–Crippen LogP) is 2.50. The molecule has 0 aliphatic carbocycles. The second kappa shape index (κ2) is 5.19. The van der Waals surface area contributed by atoms with Crippen LogP contribution in [0.2, 0.25) is 0 Å². The molecule has 0 atom stereocenters. The SMILES string of the molecule is OCC1=CCN(Cc2ccccc2)C(Cl)=C1. The summed E-state index contributed by atoms with van der Waals surface area (Å²) in [5, 5.41) is 9.68. The Morgan fingerprint density at radius 3 is 2.62 bits per heavy atom. The summed E-state index contributed by atoms with van der Waals surface area (Å²) in [6.07, 6.45) is 3.81. The Balaban J connectivity index is 2.04. The van der Waals surface area contributed by atoms with E-state index in [0.717, 1.165) is 18.7 Å². The van der Waals surface area contributed by atoms with Gasteiger partial charge in [-0.3, -0.25) is 0 Å². The highest BCUT2D eigenvalue weighted by atomic mass is 35.5. The second-order valence-corrected chi connectivity index (χ2v) is 4.16. The normalized spacial score (nSPS) is 15.8. The molecule has 2 nitrogen and oxygen atoms in total. The van der Waals surface area contributed by atoms with E-state index >= 15 is 0 Å². The Morgan fingerprint density at radius 1 is 1.25 bits per heavy atom. The minimum atomic E-state index is 0.0510. The lowest BCUT2D eigenvalue weighted by molar-refractivity contribution is 0.327. The van der Waals surface area contributed by atoms with Gasteiger partial charge in [0, 0.05) is 13.1 Å². The number of benzene rings is 1. The topological polar surface area (TPSA) is 23.5 Å². The zero-order valence-electron chi connectivity index (χ0n) is 8.94. The molecule has 0 bridgehead atoms. The third-order valence-electron chi connectivity index (χ3n) is 2.58. The Labute approximate surface area is 100 Å². The molecule has 2 rings (SSSR count). The summed E-state index contributed by atoms with van der Waals surface area (Å²) in [6.45, 7) is 1.60. The maximum Gasteiger partial charge on any atom is 0.105 e. The predicted molar refractivity (Wildman–Crippen MR) is 66.0 cm³/mol. The van der Waals surface area contributed by atoms with E-state index in [2.05, 4.69) is 17.0 Å². The first-order valence-corrected chi connectivity index (χ1v) is 5.63. The molecule has 0 saturated carbocycles. The van der Waals surface area contributed by atoms with Crippen molar-refractivity contribution in [1.82, 2.24) is 4.90 Å². The van der Waals surface area contributed by atoms with Gasteiger partial charge in [0.05, 0.1) is 6.61 Å². The van der Waals surface area contributed by atoms with Crippen molar-refractivity contribution in [2.45, 2.75) is 6.54 Å². The molecule has 16 heavy (non-hydrogen) atoms. The van der Waals surface area contributed by atoms with Crippen molar-refractivity contribution in [3.63, 3.8) is 0 Å². The van der Waals surface area contributed by atoms with E-state index in [1.54, 1.807) is 0 Å². The summed E-state index contributed by atoms with van der Waals surface area (Å²) < 4.78 is 0. The molecule has 0 radical (unpaired) electrons. The smallest absolute Gasteiger partial charge is 0.105 e. The van der Waals surface area contributed by atoms with Gasteiger partial charge in [0.15, 0.2) is 0 Å². The monoisotopic (exact) mass is 235 g/mol. The van der Waals surface area contributed by atoms with Gasteiger partial charge in [-0.05, 0) is 17.2 Å². The van der Waals surface area contributed by atoms with Gasteiger partial charge in [0.1, 0.15) is 5.16 Å². The van der Waals surface area contributed by atoms with Crippen LogP contribution in [0.3, 0.4) is 0 Å². The first kappa shape index (κ1) is 11.2. The number of hydrogen-bond donors (Lipinski definition) is 1. The summed E-state index contributed by atoms with van der Waals surface area (Å²) in [4.78, 5) is 2.07. The Morgan fingerprint density at radius 2 is 2.00 bits per heavy atom. The van der Waals surface area contributed by atoms with E-state index in [4.69, 9.17) is 16.7 Å². The van der Waals surface area contributed by atoms with Crippen LogP contribution in [0.25, 0.3) is 0 Å². The van der Waals surface area contributed by atoms with E-state index in [9.17, 15) is 0 Å². The number of halogens is 1. The first-order valence-electron chi connectivity index (χ1n) is 5.25. The highest BCUT2D eigenvalue weighted by molar-refractivity contribution is 6.29. The van der Waals surface area contributed by atoms with Crippen LogP contribution < -0.4 is 0 Å². The molecule has 0 unspecified atom stereocenters. The van der Waals surface area contributed by atoms with Crippen LogP contribution in [-0.2, 0) is 6.54 Å². The highest BCUT2D eigenvalue weighted by Crippen LogP contribution is 2.20. The molecule has 0 fully saturated rings. The van der Waals surface area contributed by atoms with Crippen LogP contribution in [0, 0.1) is 0 Å². The van der Waals surface area contributed by atoms with Crippen molar-refractivity contribution in [3.05, 3.63) is 58.8 Å². The third kappa shape index (κ3) is 2.65. The zero-order valence-corrected chi connectivity index (χ0v) is 9.69. The van der Waals surface area contributed by atoms with E-state index in [1.165, 1.54) is 5.56 Å². The van der Waals surface area contributed by atoms with Crippen LogP contribution in [0.5, 0.6) is 0 Å². The van der Waals surface area contributed by atoms with E-state index < -0.39 is 0 Å². The van der Waals surface area contributed by atoms with Crippen LogP contribution in [-0.4, -0.2) is 23.2 Å². The Kier molecular flexibility index (Phi) is 3.65. The van der Waals surface area contributed by atoms with Gasteiger partial charge in [0.2, 0.25) is 0 Å². The van der Waals surface area contributed by atoms with Crippen LogP contribution >= 0.6 is 11.6 Å². The minimum absolute atomic E-state index is 0.0510. The third-order valence-corrected chi connectivity index (χ3v) is 2.93. The van der Waals surface area contributed by atoms with Crippen LogP contribution in [0.15, 0.2) is 53.2 Å². The largest absolute Gasteiger partial charge is 0.392 e. The second-order valence-electron chi connectivity index (χ2n) is 3.77. The van der Waals surface area contributed by atoms with E-state index in [1.807, 2.05) is 30.4 Å². The van der Waals surface area contributed by atoms with Crippen molar-refractivity contribution in [2.24, 2.45) is 0 Å². The first-order chi connectivity index (χ1) is 7.79. The van der Waals surface area contributed by atoms with Gasteiger partial charge >= 0.3 is 0 Å². The maximum atomic E-state index is 8.99. The molecule has 0 amide bonds. The molecule has 1 N–H and O–H groups in total. The van der Waals surface area contributed by atoms with Crippen molar-refractivity contribution >= 4 is 11.6 Å². The molecule has 1 aliphatic heterocycles. The fourth-order valence-electron chi connectivity index (χ4n) is 1.67. The summed E-state index contributed by atoms with van der Waals surface area (Å²) in [7, 11) is 0. The lowest BCUT2D eigenvalue weighted by Gasteiger charge is -2.26. The minimum Gasteiger partial charge on any atom is -0.392 e. The molecule has 1 heterocycles. The summed E-state index contributed by atoms with van der Waals surface area (Å²) in [5.74, 6) is 0. The number of nitrogens with zero attached hydrogens (tertiary/aromatic N) is 1.